The molecule has 84 valence electrons. The Labute approximate surface area is 96.1 Å². The highest BCUT2D eigenvalue weighted by Crippen LogP contribution is 2.20. The van der Waals surface area contributed by atoms with Gasteiger partial charge in [-0.05, 0) is 11.6 Å². The Morgan fingerprint density at radius 3 is 2.40 bits per heavy atom. The molecular weight excluding hydrogens is 210 g/mol. The second-order valence-electron chi connectivity index (χ2n) is 2.63. The number of hydrogen-bond donors (Lipinski definition) is 2. The predicted molar refractivity (Wildman–Crippen MR) is 66.9 cm³/mol. The number of carbonyl (C=O) groups is 1. The lowest BCUT2D eigenvalue weighted by atomic mass is 10.2. The van der Waals surface area contributed by atoms with Crippen LogP contribution in [0.1, 0.15) is 19.4 Å². The highest BCUT2D eigenvalue weighted by atomic mass is 32.1. The number of carboxylic acid groups (broad SMARTS) is 1. The van der Waals surface area contributed by atoms with Crippen LogP contribution in [-0.2, 0) is 5.75 Å². The van der Waals surface area contributed by atoms with Crippen molar-refractivity contribution < 1.29 is 9.90 Å². The van der Waals surface area contributed by atoms with E-state index in [2.05, 4.69) is 12.6 Å². The number of hydrogen-bond acceptors (Lipinski definition) is 2. The van der Waals surface area contributed by atoms with Crippen LogP contribution in [0.5, 0.6) is 0 Å². The number of para-hydroxylation sites is 1. The van der Waals surface area contributed by atoms with Gasteiger partial charge >= 0.3 is 6.09 Å². The Morgan fingerprint density at radius 1 is 1.40 bits per heavy atom. The summed E-state index contributed by atoms with van der Waals surface area (Å²) in [7, 11) is 1.52. The lowest BCUT2D eigenvalue weighted by Crippen LogP contribution is -2.24. The molecule has 0 aliphatic heterocycles. The molecule has 1 rings (SSSR count). The first-order chi connectivity index (χ1) is 7.16. The molecule has 0 spiro atoms. The second kappa shape index (κ2) is 7.17. The molecule has 1 aromatic rings. The van der Waals surface area contributed by atoms with Crippen LogP contribution in [0.4, 0.5) is 10.5 Å². The van der Waals surface area contributed by atoms with Crippen molar-refractivity contribution in [2.24, 2.45) is 0 Å². The molecule has 0 aliphatic carbocycles. The monoisotopic (exact) mass is 227 g/mol. The molecule has 0 heterocycles. The van der Waals surface area contributed by atoms with Gasteiger partial charge in [-0.15, -0.1) is 0 Å². The van der Waals surface area contributed by atoms with E-state index in [1.54, 1.807) is 6.07 Å². The first-order valence-corrected chi connectivity index (χ1v) is 5.45. The van der Waals surface area contributed by atoms with Gasteiger partial charge in [0, 0.05) is 12.8 Å². The Kier molecular flexibility index (Phi) is 6.62. The van der Waals surface area contributed by atoms with Gasteiger partial charge < -0.3 is 5.11 Å². The zero-order chi connectivity index (χ0) is 11.8. The smallest absolute Gasteiger partial charge is 0.411 e. The first-order valence-electron chi connectivity index (χ1n) is 4.82. The van der Waals surface area contributed by atoms with E-state index in [1.807, 2.05) is 32.0 Å². The van der Waals surface area contributed by atoms with Gasteiger partial charge in [0.15, 0.2) is 0 Å². The number of rotatable bonds is 2. The van der Waals surface area contributed by atoms with Gasteiger partial charge in [0.1, 0.15) is 0 Å². The number of benzene rings is 1. The standard InChI is InChI=1S/C9H11NO2S.C2H6/c1-10(9(11)12)8-5-3-2-4-7(8)6-13;1-2/h2-5,13H,6H2,1H3,(H,11,12);1-2H3. The molecule has 1 amide bonds. The molecule has 1 aromatic carbocycles. The molecule has 0 aromatic heterocycles. The van der Waals surface area contributed by atoms with Gasteiger partial charge in [-0.1, -0.05) is 32.0 Å². The summed E-state index contributed by atoms with van der Waals surface area (Å²) in [5, 5.41) is 8.76. The van der Waals surface area contributed by atoms with Crippen molar-refractivity contribution in [3.8, 4) is 0 Å². The van der Waals surface area contributed by atoms with Gasteiger partial charge in [-0.2, -0.15) is 12.6 Å². The van der Waals surface area contributed by atoms with E-state index in [0.717, 1.165) is 5.56 Å². The zero-order valence-corrected chi connectivity index (χ0v) is 10.2. The van der Waals surface area contributed by atoms with Crippen LogP contribution in [0.25, 0.3) is 0 Å². The Bertz CT molecular complexity index is 315. The molecule has 0 aliphatic rings. The van der Waals surface area contributed by atoms with E-state index in [-0.39, 0.29) is 0 Å². The molecule has 0 atom stereocenters. The first kappa shape index (κ1) is 13.8. The summed E-state index contributed by atoms with van der Waals surface area (Å²) < 4.78 is 0. The fourth-order valence-electron chi connectivity index (χ4n) is 1.07. The van der Waals surface area contributed by atoms with Crippen molar-refractivity contribution in [1.82, 2.24) is 0 Å². The molecule has 0 fully saturated rings. The highest BCUT2D eigenvalue weighted by Gasteiger charge is 2.10. The van der Waals surface area contributed by atoms with Crippen LogP contribution in [0.2, 0.25) is 0 Å². The average Bonchev–Trinajstić information content (AvgIpc) is 2.30. The van der Waals surface area contributed by atoms with Crippen LogP contribution >= 0.6 is 12.6 Å². The van der Waals surface area contributed by atoms with Gasteiger partial charge in [0.05, 0.1) is 5.69 Å². The molecule has 0 saturated carbocycles. The number of nitrogens with zero attached hydrogens (tertiary/aromatic N) is 1. The molecular formula is C11H17NO2S. The minimum absolute atomic E-state index is 0.536. The quantitative estimate of drug-likeness (QED) is 0.761. The normalized spacial score (nSPS) is 8.80. The summed E-state index contributed by atoms with van der Waals surface area (Å²) in [5.41, 5.74) is 1.60. The largest absolute Gasteiger partial charge is 0.465 e. The molecule has 0 saturated heterocycles. The molecule has 3 nitrogen and oxygen atoms in total. The third-order valence-corrected chi connectivity index (χ3v) is 2.15. The fraction of sp³-hybridized carbons (Fsp3) is 0.364. The molecule has 0 radical (unpaired) electrons. The highest BCUT2D eigenvalue weighted by molar-refractivity contribution is 7.79. The fourth-order valence-corrected chi connectivity index (χ4v) is 1.34. The predicted octanol–water partition coefficient (Wildman–Crippen LogP) is 3.26. The summed E-state index contributed by atoms with van der Waals surface area (Å²) in [6.07, 6.45) is -0.964. The molecule has 1 N–H and O–H groups in total. The molecule has 0 unspecified atom stereocenters. The number of anilines is 1. The lowest BCUT2D eigenvalue weighted by Gasteiger charge is -2.16. The Balaban J connectivity index is 0.000000921. The molecule has 4 heteroatoms. The van der Waals surface area contributed by atoms with E-state index in [9.17, 15) is 4.79 Å². The maximum atomic E-state index is 10.7. The van der Waals surface area contributed by atoms with Crippen molar-refractivity contribution in [2.75, 3.05) is 11.9 Å². The van der Waals surface area contributed by atoms with Crippen LogP contribution < -0.4 is 4.90 Å². The van der Waals surface area contributed by atoms with E-state index in [4.69, 9.17) is 5.11 Å². The zero-order valence-electron chi connectivity index (χ0n) is 9.27. The molecule has 0 bridgehead atoms. The van der Waals surface area contributed by atoms with E-state index in [1.165, 1.54) is 11.9 Å². The number of thiol groups is 1. The van der Waals surface area contributed by atoms with E-state index >= 15 is 0 Å². The third-order valence-electron chi connectivity index (χ3n) is 1.81. The van der Waals surface area contributed by atoms with Crippen LogP contribution in [-0.4, -0.2) is 18.2 Å². The van der Waals surface area contributed by atoms with Crippen molar-refractivity contribution in [1.29, 1.82) is 0 Å². The van der Waals surface area contributed by atoms with Crippen molar-refractivity contribution in [2.45, 2.75) is 19.6 Å². The SMILES string of the molecule is CC.CN(C(=O)O)c1ccccc1CS. The Hall–Kier alpha value is -1.16. The summed E-state index contributed by atoms with van der Waals surface area (Å²) in [6, 6.07) is 7.30. The summed E-state index contributed by atoms with van der Waals surface area (Å²) in [5.74, 6) is 0.536. The second-order valence-corrected chi connectivity index (χ2v) is 2.94. The van der Waals surface area contributed by atoms with E-state index in [0.29, 0.717) is 11.4 Å². The van der Waals surface area contributed by atoms with Crippen LogP contribution in [0.15, 0.2) is 24.3 Å². The summed E-state index contributed by atoms with van der Waals surface area (Å²) in [6.45, 7) is 4.00. The van der Waals surface area contributed by atoms with Crippen LogP contribution in [0.3, 0.4) is 0 Å². The topological polar surface area (TPSA) is 40.5 Å². The molecule has 15 heavy (non-hydrogen) atoms. The van der Waals surface area contributed by atoms with Crippen molar-refractivity contribution in [3.05, 3.63) is 29.8 Å². The van der Waals surface area contributed by atoms with Crippen LogP contribution in [0, 0.1) is 0 Å². The maximum Gasteiger partial charge on any atom is 0.411 e. The van der Waals surface area contributed by atoms with Crippen molar-refractivity contribution in [3.63, 3.8) is 0 Å². The van der Waals surface area contributed by atoms with E-state index < -0.39 is 6.09 Å². The van der Waals surface area contributed by atoms with Gasteiger partial charge in [0.2, 0.25) is 0 Å². The summed E-state index contributed by atoms with van der Waals surface area (Å²) >= 11 is 4.12. The summed E-state index contributed by atoms with van der Waals surface area (Å²) in [4.78, 5) is 11.9. The third kappa shape index (κ3) is 3.83. The van der Waals surface area contributed by atoms with Gasteiger partial charge in [-0.25, -0.2) is 4.79 Å². The lowest BCUT2D eigenvalue weighted by molar-refractivity contribution is 0.203. The van der Waals surface area contributed by atoms with Gasteiger partial charge in [0.25, 0.3) is 0 Å². The minimum atomic E-state index is -0.964. The number of amides is 1. The Morgan fingerprint density at radius 2 is 1.93 bits per heavy atom. The minimum Gasteiger partial charge on any atom is -0.465 e. The average molecular weight is 227 g/mol. The van der Waals surface area contributed by atoms with Crippen molar-refractivity contribution >= 4 is 24.4 Å². The maximum absolute atomic E-state index is 10.7. The van der Waals surface area contributed by atoms with Gasteiger partial charge in [-0.3, -0.25) is 4.90 Å².